The van der Waals surface area contributed by atoms with Gasteiger partial charge in [-0.2, -0.15) is 0 Å². The van der Waals surface area contributed by atoms with E-state index in [-0.39, 0.29) is 0 Å². The molecule has 0 saturated carbocycles. The van der Waals surface area contributed by atoms with Crippen molar-refractivity contribution >= 4 is 23.0 Å². The Bertz CT molecular complexity index is 113. The highest BCUT2D eigenvalue weighted by molar-refractivity contribution is 14.1. The fraction of sp³-hybridized carbons (Fsp3) is 1.00. The zero-order valence-electron chi connectivity index (χ0n) is 6.75. The van der Waals surface area contributed by atoms with Crippen molar-refractivity contribution in [3.05, 3.63) is 0 Å². The third-order valence-corrected chi connectivity index (χ3v) is 2.49. The van der Waals surface area contributed by atoms with Crippen molar-refractivity contribution in [3.63, 3.8) is 0 Å². The molecule has 1 atom stereocenters. The average molecular weight is 271 g/mol. The molecule has 1 unspecified atom stereocenters. The van der Waals surface area contributed by atoms with Crippen LogP contribution in [0.15, 0.2) is 0 Å². The van der Waals surface area contributed by atoms with E-state index in [0.29, 0.717) is 6.04 Å². The van der Waals surface area contributed by atoms with Crippen LogP contribution < -0.4 is 0 Å². The lowest BCUT2D eigenvalue weighted by atomic mass is 10.2. The first kappa shape index (κ1) is 9.70. The topological polar surface area (TPSA) is 21.7 Å². The van der Waals surface area contributed by atoms with Crippen molar-refractivity contribution in [1.29, 1.82) is 0 Å². The van der Waals surface area contributed by atoms with E-state index in [1.807, 2.05) is 23.0 Å². The first-order valence-corrected chi connectivity index (χ1v) is 4.74. The summed E-state index contributed by atoms with van der Waals surface area (Å²) in [5, 5.41) is 0. The van der Waals surface area contributed by atoms with Gasteiger partial charge in [0.25, 0.3) is 0 Å². The predicted octanol–water partition coefficient (Wildman–Crippen LogP) is 1.07. The Balaban J connectivity index is 2.18. The second-order valence-corrected chi connectivity index (χ2v) is 3.43. The molecule has 0 N–H and O–H groups in total. The van der Waals surface area contributed by atoms with E-state index in [9.17, 15) is 0 Å². The van der Waals surface area contributed by atoms with Gasteiger partial charge in [0.05, 0.1) is 19.8 Å². The Kier molecular flexibility index (Phi) is 4.66. The van der Waals surface area contributed by atoms with E-state index >= 15 is 0 Å². The fourth-order valence-corrected chi connectivity index (χ4v) is 1.48. The minimum absolute atomic E-state index is 0.554. The molecule has 0 spiro atoms. The Labute approximate surface area is 81.7 Å². The number of rotatable bonds is 3. The summed E-state index contributed by atoms with van der Waals surface area (Å²) in [7, 11) is 2.14. The summed E-state index contributed by atoms with van der Waals surface area (Å²) in [6.07, 6.45) is 1.07. The van der Waals surface area contributed by atoms with Gasteiger partial charge >= 0.3 is 0 Å². The lowest BCUT2D eigenvalue weighted by Gasteiger charge is -2.31. The third kappa shape index (κ3) is 3.23. The molecule has 0 aromatic carbocycles. The molecule has 1 saturated heterocycles. The second-order valence-electron chi connectivity index (χ2n) is 2.81. The van der Waals surface area contributed by atoms with Crippen molar-refractivity contribution in [2.24, 2.45) is 0 Å². The van der Waals surface area contributed by atoms with Crippen LogP contribution in [0.2, 0.25) is 0 Å². The zero-order chi connectivity index (χ0) is 8.10. The highest BCUT2D eigenvalue weighted by atomic mass is 127. The summed E-state index contributed by atoms with van der Waals surface area (Å²) in [6, 6.07) is 0.554. The molecule has 0 bridgehead atoms. The maximum Gasteiger partial charge on any atom is 0.109 e. The van der Waals surface area contributed by atoms with Crippen molar-refractivity contribution < 1.29 is 7.80 Å². The minimum Gasteiger partial charge on any atom is -0.378 e. The quantitative estimate of drug-likeness (QED) is 0.717. The lowest BCUT2D eigenvalue weighted by molar-refractivity contribution is 0.000119. The molecule has 66 valence electrons. The van der Waals surface area contributed by atoms with Gasteiger partial charge in [0.15, 0.2) is 0 Å². The van der Waals surface area contributed by atoms with Crippen molar-refractivity contribution in [2.75, 3.05) is 33.4 Å². The summed E-state index contributed by atoms with van der Waals surface area (Å²) in [4.78, 5) is 2.33. The highest BCUT2D eigenvalue weighted by Gasteiger charge is 2.18. The number of nitrogens with zero attached hydrogens (tertiary/aromatic N) is 1. The predicted molar refractivity (Wildman–Crippen MR) is 51.8 cm³/mol. The second kappa shape index (κ2) is 5.29. The maximum absolute atomic E-state index is 5.35. The van der Waals surface area contributed by atoms with Gasteiger partial charge in [-0.3, -0.25) is 4.90 Å². The van der Waals surface area contributed by atoms with Crippen LogP contribution >= 0.6 is 23.0 Å². The standard InChI is InChI=1S/C7H14INO2/c1-9-3-5-10-6-7(9)2-4-11-8/h7H,2-6H2,1H3. The smallest absolute Gasteiger partial charge is 0.109 e. The molecule has 0 amide bonds. The summed E-state index contributed by atoms with van der Waals surface area (Å²) in [5.74, 6) is 0. The molecule has 0 aliphatic carbocycles. The van der Waals surface area contributed by atoms with Gasteiger partial charge in [0.1, 0.15) is 23.0 Å². The first-order chi connectivity index (χ1) is 5.34. The van der Waals surface area contributed by atoms with Crippen LogP contribution in [0.4, 0.5) is 0 Å². The Morgan fingerprint density at radius 2 is 2.55 bits per heavy atom. The SMILES string of the molecule is CN1CCOCC1CCOI. The molecule has 0 aromatic heterocycles. The van der Waals surface area contributed by atoms with Crippen molar-refractivity contribution in [1.82, 2.24) is 4.90 Å². The normalized spacial score (nSPS) is 27.3. The summed E-state index contributed by atoms with van der Waals surface area (Å²) >= 11 is 1.93. The van der Waals surface area contributed by atoms with Gasteiger partial charge in [-0.25, -0.2) is 0 Å². The van der Waals surface area contributed by atoms with Crippen molar-refractivity contribution in [2.45, 2.75) is 12.5 Å². The fourth-order valence-electron chi connectivity index (χ4n) is 1.22. The molecule has 11 heavy (non-hydrogen) atoms. The van der Waals surface area contributed by atoms with Crippen LogP contribution in [0.3, 0.4) is 0 Å². The van der Waals surface area contributed by atoms with Crippen molar-refractivity contribution in [3.8, 4) is 0 Å². The first-order valence-electron chi connectivity index (χ1n) is 3.86. The van der Waals surface area contributed by atoms with Gasteiger partial charge < -0.3 is 7.80 Å². The molecule has 1 fully saturated rings. The molecule has 0 radical (unpaired) electrons. The van der Waals surface area contributed by atoms with E-state index in [1.165, 1.54) is 0 Å². The van der Waals surface area contributed by atoms with Crippen LogP contribution in [0.25, 0.3) is 0 Å². The highest BCUT2D eigenvalue weighted by Crippen LogP contribution is 2.08. The van der Waals surface area contributed by atoms with E-state index in [2.05, 4.69) is 11.9 Å². The van der Waals surface area contributed by atoms with Crippen LogP contribution in [-0.4, -0.2) is 44.4 Å². The van der Waals surface area contributed by atoms with E-state index in [1.54, 1.807) is 0 Å². The number of morpholine rings is 1. The Morgan fingerprint density at radius 3 is 3.18 bits per heavy atom. The van der Waals surface area contributed by atoms with Crippen LogP contribution in [-0.2, 0) is 7.80 Å². The molecule has 0 aromatic rings. The molecule has 1 aliphatic heterocycles. The average Bonchev–Trinajstić information content (AvgIpc) is 2.03. The molecule has 3 nitrogen and oxygen atoms in total. The molecular formula is C7H14INO2. The zero-order valence-corrected chi connectivity index (χ0v) is 8.91. The lowest BCUT2D eigenvalue weighted by Crippen LogP contribution is -2.43. The van der Waals surface area contributed by atoms with Gasteiger partial charge in [-0.15, -0.1) is 0 Å². The third-order valence-electron chi connectivity index (χ3n) is 2.05. The van der Waals surface area contributed by atoms with Gasteiger partial charge in [-0.1, -0.05) is 0 Å². The largest absolute Gasteiger partial charge is 0.378 e. The minimum atomic E-state index is 0.554. The Hall–Kier alpha value is 0.610. The number of ether oxygens (including phenoxy) is 1. The molecule has 4 heteroatoms. The number of halogens is 1. The monoisotopic (exact) mass is 271 g/mol. The van der Waals surface area contributed by atoms with E-state index in [4.69, 9.17) is 7.80 Å². The van der Waals surface area contributed by atoms with Crippen LogP contribution in [0.5, 0.6) is 0 Å². The summed E-state index contributed by atoms with van der Waals surface area (Å²) in [6.45, 7) is 3.60. The maximum atomic E-state index is 5.35. The van der Waals surface area contributed by atoms with Crippen LogP contribution in [0, 0.1) is 0 Å². The van der Waals surface area contributed by atoms with E-state index < -0.39 is 0 Å². The number of hydrogen-bond donors (Lipinski definition) is 0. The summed E-state index contributed by atoms with van der Waals surface area (Å²) in [5.41, 5.74) is 0. The molecule has 1 heterocycles. The number of likely N-dealkylation sites (N-methyl/N-ethyl adjacent to an activating group) is 1. The van der Waals surface area contributed by atoms with Crippen LogP contribution in [0.1, 0.15) is 6.42 Å². The summed E-state index contributed by atoms with van der Waals surface area (Å²) < 4.78 is 10.3. The molecule has 1 aliphatic rings. The molecule has 1 rings (SSSR count). The van der Waals surface area contributed by atoms with Gasteiger partial charge in [0.2, 0.25) is 0 Å². The number of hydrogen-bond acceptors (Lipinski definition) is 3. The Morgan fingerprint density at radius 1 is 1.73 bits per heavy atom. The van der Waals surface area contributed by atoms with E-state index in [0.717, 1.165) is 32.8 Å². The molecular weight excluding hydrogens is 257 g/mol. The van der Waals surface area contributed by atoms with Gasteiger partial charge in [0, 0.05) is 12.6 Å². The van der Waals surface area contributed by atoms with Gasteiger partial charge in [-0.05, 0) is 13.5 Å².